The van der Waals surface area contributed by atoms with Crippen LogP contribution in [0.3, 0.4) is 0 Å². The van der Waals surface area contributed by atoms with Crippen molar-refractivity contribution in [1.82, 2.24) is 5.32 Å². The number of aliphatic hydroxyl groups is 1. The van der Waals surface area contributed by atoms with E-state index in [1.165, 1.54) is 0 Å². The van der Waals surface area contributed by atoms with Crippen LogP contribution in [-0.2, 0) is 0 Å². The number of piperidine rings is 1. The van der Waals surface area contributed by atoms with Gasteiger partial charge in [0.25, 0.3) is 0 Å². The van der Waals surface area contributed by atoms with Crippen LogP contribution in [0.15, 0.2) is 0 Å². The highest BCUT2D eigenvalue weighted by Gasteiger charge is 2.06. The first-order valence-corrected chi connectivity index (χ1v) is 1.97. The summed E-state index contributed by atoms with van der Waals surface area (Å²) in [5.74, 6) is 0. The molecule has 1 aliphatic rings. The standard InChI is InChI=1S/C5H11NO/c7-5-2-1-3-6-4-5/h5-7H,1-4H2/i1D,2D,3D,4D2,5D. The van der Waals surface area contributed by atoms with E-state index >= 15 is 0 Å². The third-order valence-electron chi connectivity index (χ3n) is 0.634. The highest BCUT2D eigenvalue weighted by atomic mass is 16.3. The topological polar surface area (TPSA) is 32.3 Å². The van der Waals surface area contributed by atoms with Crippen molar-refractivity contribution in [2.45, 2.75) is 18.9 Å². The van der Waals surface area contributed by atoms with E-state index in [1.807, 2.05) is 5.32 Å². The van der Waals surface area contributed by atoms with E-state index in [4.69, 9.17) is 8.22 Å². The van der Waals surface area contributed by atoms with E-state index < -0.39 is 31.9 Å². The molecule has 2 heteroatoms. The Hall–Kier alpha value is -0.0800. The zero-order valence-corrected chi connectivity index (χ0v) is 3.68. The van der Waals surface area contributed by atoms with Gasteiger partial charge in [-0.2, -0.15) is 0 Å². The molecule has 0 spiro atoms. The molecule has 0 amide bonds. The van der Waals surface area contributed by atoms with Crippen molar-refractivity contribution in [2.75, 3.05) is 13.0 Å². The average molecular weight is 107 g/mol. The second-order valence-corrected chi connectivity index (χ2v) is 1.18. The van der Waals surface area contributed by atoms with Gasteiger partial charge in [-0.25, -0.2) is 0 Å². The maximum atomic E-state index is 9.30. The molecular weight excluding hydrogens is 90.1 g/mol. The van der Waals surface area contributed by atoms with Crippen LogP contribution < -0.4 is 5.32 Å². The Morgan fingerprint density at radius 2 is 2.86 bits per heavy atom. The third-order valence-corrected chi connectivity index (χ3v) is 0.634. The molecule has 1 fully saturated rings. The van der Waals surface area contributed by atoms with Crippen molar-refractivity contribution in [1.29, 1.82) is 0 Å². The van der Waals surface area contributed by atoms with Crippen LogP contribution in [0.2, 0.25) is 0 Å². The summed E-state index contributed by atoms with van der Waals surface area (Å²) in [4.78, 5) is 0. The van der Waals surface area contributed by atoms with Crippen LogP contribution in [0.5, 0.6) is 0 Å². The van der Waals surface area contributed by atoms with Crippen LogP contribution in [-0.4, -0.2) is 24.2 Å². The zero-order valence-electron chi connectivity index (χ0n) is 9.68. The summed E-state index contributed by atoms with van der Waals surface area (Å²) in [6.07, 6.45) is -5.66. The Morgan fingerprint density at radius 3 is 3.71 bits per heavy atom. The van der Waals surface area contributed by atoms with E-state index in [0.29, 0.717) is 0 Å². The van der Waals surface area contributed by atoms with E-state index in [1.54, 1.807) is 0 Å². The molecule has 2 nitrogen and oxygen atoms in total. The van der Waals surface area contributed by atoms with Gasteiger partial charge in [-0.3, -0.25) is 0 Å². The van der Waals surface area contributed by atoms with Crippen molar-refractivity contribution in [3.8, 4) is 0 Å². The van der Waals surface area contributed by atoms with Gasteiger partial charge in [0.2, 0.25) is 0 Å². The van der Waals surface area contributed by atoms with Crippen LogP contribution in [0.4, 0.5) is 0 Å². The highest BCUT2D eigenvalue weighted by molar-refractivity contribution is 4.65. The van der Waals surface area contributed by atoms with Gasteiger partial charge in [0.15, 0.2) is 0 Å². The molecule has 2 N–H and O–H groups in total. The molecule has 0 aromatic heterocycles. The molecule has 0 aromatic carbocycles. The number of β-amino-alcohol motifs (C(OH)–C–C–N with tert-alkyl or cyclic N) is 1. The van der Waals surface area contributed by atoms with Crippen LogP contribution in [0, 0.1) is 0 Å². The van der Waals surface area contributed by atoms with Gasteiger partial charge in [0.1, 0.15) is 0 Å². The predicted octanol–water partition coefficient (Wildman–Crippen LogP) is -0.269. The zero-order chi connectivity index (χ0) is 10.4. The molecule has 7 heavy (non-hydrogen) atoms. The molecule has 1 rings (SSSR count). The summed E-state index contributed by atoms with van der Waals surface area (Å²) in [6, 6.07) is 0. The number of nitrogens with one attached hydrogen (secondary N) is 1. The van der Waals surface area contributed by atoms with Crippen LogP contribution >= 0.6 is 0 Å². The van der Waals surface area contributed by atoms with Gasteiger partial charge < -0.3 is 10.4 Å². The molecule has 1 heterocycles. The lowest BCUT2D eigenvalue weighted by Gasteiger charge is -2.16. The summed E-state index contributed by atoms with van der Waals surface area (Å²) < 4.78 is 43.2. The third kappa shape index (κ3) is 1.45. The SMILES string of the molecule is [2H]C1NC([2H])([2H])C([2H])(O)C([2H])C1[2H]. The van der Waals surface area contributed by atoms with Crippen molar-refractivity contribution in [3.05, 3.63) is 0 Å². The number of hydrogen-bond donors (Lipinski definition) is 2. The Kier molecular flexibility index (Phi) is 0.474. The minimum Gasteiger partial charge on any atom is -0.392 e. The number of rotatable bonds is 0. The molecular formula is C5H11NO. The summed E-state index contributed by atoms with van der Waals surface area (Å²) >= 11 is 0. The molecule has 1 saturated heterocycles. The molecule has 4 unspecified atom stereocenters. The predicted molar refractivity (Wildman–Crippen MR) is 28.1 cm³/mol. The maximum Gasteiger partial charge on any atom is 0.0665 e. The Bertz CT molecular complexity index is 209. The molecule has 0 radical (unpaired) electrons. The Labute approximate surface area is 52.0 Å². The monoisotopic (exact) mass is 107 g/mol. The van der Waals surface area contributed by atoms with Gasteiger partial charge in [-0.1, -0.05) is 0 Å². The smallest absolute Gasteiger partial charge is 0.0665 e. The van der Waals surface area contributed by atoms with Crippen molar-refractivity contribution in [2.24, 2.45) is 0 Å². The van der Waals surface area contributed by atoms with Gasteiger partial charge in [0, 0.05) is 13.4 Å². The lowest BCUT2D eigenvalue weighted by Crippen LogP contribution is -2.33. The lowest BCUT2D eigenvalue weighted by molar-refractivity contribution is 0.142. The highest BCUT2D eigenvalue weighted by Crippen LogP contribution is 1.98. The molecule has 0 bridgehead atoms. The van der Waals surface area contributed by atoms with Crippen molar-refractivity contribution >= 4 is 0 Å². The summed E-state index contributed by atoms with van der Waals surface area (Å²) in [5.41, 5.74) is 0. The Morgan fingerprint density at radius 1 is 2.00 bits per heavy atom. The van der Waals surface area contributed by atoms with Crippen LogP contribution in [0.1, 0.15) is 21.0 Å². The minimum absolute atomic E-state index is 1.29. The fourth-order valence-corrected chi connectivity index (χ4v) is 0.345. The van der Waals surface area contributed by atoms with E-state index in [9.17, 15) is 5.11 Å². The number of hydrogen-bond acceptors (Lipinski definition) is 2. The fourth-order valence-electron chi connectivity index (χ4n) is 0.345. The lowest BCUT2D eigenvalue weighted by atomic mass is 10.1. The van der Waals surface area contributed by atoms with Gasteiger partial charge in [-0.15, -0.1) is 0 Å². The van der Waals surface area contributed by atoms with E-state index in [0.717, 1.165) is 0 Å². The Balaban J connectivity index is 2.96. The molecule has 0 aromatic rings. The summed E-state index contributed by atoms with van der Waals surface area (Å²) in [5, 5.41) is 11.3. The first-order chi connectivity index (χ1) is 5.70. The van der Waals surface area contributed by atoms with Crippen molar-refractivity contribution < 1.29 is 13.3 Å². The molecule has 0 aliphatic carbocycles. The first-order valence-electron chi connectivity index (χ1n) is 5.20. The first kappa shape index (κ1) is 1.45. The van der Waals surface area contributed by atoms with Crippen molar-refractivity contribution in [3.63, 3.8) is 0 Å². The largest absolute Gasteiger partial charge is 0.392 e. The summed E-state index contributed by atoms with van der Waals surface area (Å²) in [6.45, 7) is -3.81. The second-order valence-electron chi connectivity index (χ2n) is 1.18. The second kappa shape index (κ2) is 2.28. The van der Waals surface area contributed by atoms with Crippen LogP contribution in [0.25, 0.3) is 0 Å². The molecule has 1 aliphatic heterocycles. The van der Waals surface area contributed by atoms with E-state index in [-0.39, 0.29) is 0 Å². The van der Waals surface area contributed by atoms with Gasteiger partial charge in [-0.05, 0) is 19.3 Å². The van der Waals surface area contributed by atoms with Gasteiger partial charge >= 0.3 is 0 Å². The maximum absolute atomic E-state index is 9.30. The van der Waals surface area contributed by atoms with Gasteiger partial charge in [0.05, 0.1) is 7.45 Å². The summed E-state index contributed by atoms with van der Waals surface area (Å²) in [7, 11) is 0. The normalized spacial score (nSPS) is 94.7. The molecule has 4 atom stereocenters. The molecule has 0 saturated carbocycles. The fraction of sp³-hybridized carbons (Fsp3) is 1.00. The minimum atomic E-state index is -2.68. The quantitative estimate of drug-likeness (QED) is 0.446. The average Bonchev–Trinajstić information content (AvgIpc) is 1.98. The molecule has 42 valence electrons. The van der Waals surface area contributed by atoms with E-state index in [2.05, 4.69) is 0 Å².